The predicted octanol–water partition coefficient (Wildman–Crippen LogP) is 3.53. The molecule has 1 saturated heterocycles. The molecule has 9 heteroatoms. The highest BCUT2D eigenvalue weighted by atomic mass is 32.2. The first-order valence-electron chi connectivity index (χ1n) is 10.1. The Hall–Kier alpha value is -1.29. The van der Waals surface area contributed by atoms with Gasteiger partial charge in [0.2, 0.25) is 15.0 Å². The first kappa shape index (κ1) is 22.4. The monoisotopic (exact) mass is 440 g/mol. The molecule has 2 aromatic heterocycles. The van der Waals surface area contributed by atoms with Gasteiger partial charge in [-0.2, -0.15) is 0 Å². The molecule has 0 amide bonds. The van der Waals surface area contributed by atoms with E-state index in [0.717, 1.165) is 30.1 Å². The molecule has 0 spiro atoms. The van der Waals surface area contributed by atoms with Gasteiger partial charge in [0.1, 0.15) is 5.01 Å². The predicted molar refractivity (Wildman–Crippen MR) is 115 cm³/mol. The number of hydrogen-bond acceptors (Lipinski definition) is 7. The van der Waals surface area contributed by atoms with Crippen LogP contribution in [0.4, 0.5) is 0 Å². The van der Waals surface area contributed by atoms with Crippen molar-refractivity contribution < 1.29 is 13.2 Å². The SMILES string of the molecule is COCCn1c(CN2CCCC[C@@H]2c2nccs2)cnc1S(=O)(=O)CC(C)(C)C. The van der Waals surface area contributed by atoms with Crippen molar-refractivity contribution in [2.24, 2.45) is 5.41 Å². The van der Waals surface area contributed by atoms with E-state index in [0.29, 0.717) is 19.7 Å². The number of sulfone groups is 1. The summed E-state index contributed by atoms with van der Waals surface area (Å²) >= 11 is 1.69. The van der Waals surface area contributed by atoms with Gasteiger partial charge in [0.05, 0.1) is 30.3 Å². The number of rotatable bonds is 8. The molecule has 29 heavy (non-hydrogen) atoms. The van der Waals surface area contributed by atoms with Crippen LogP contribution in [0.15, 0.2) is 22.9 Å². The standard InChI is InChI=1S/C20H32N4O3S2/c1-20(2,3)15-29(25,26)19-22-13-16(24(19)10-11-27-4)14-23-9-6-5-7-17(23)18-21-8-12-28-18/h8,12-13,17H,5-7,9-11,14-15H2,1-4H3/t17-/m1/s1. The zero-order valence-electron chi connectivity index (χ0n) is 17.8. The molecule has 1 aliphatic heterocycles. The minimum Gasteiger partial charge on any atom is -0.383 e. The van der Waals surface area contributed by atoms with Crippen molar-refractivity contribution in [3.05, 3.63) is 28.5 Å². The molecule has 7 nitrogen and oxygen atoms in total. The Morgan fingerprint density at radius 3 is 2.72 bits per heavy atom. The molecule has 1 aliphatic rings. The largest absolute Gasteiger partial charge is 0.383 e. The maximum absolute atomic E-state index is 13.0. The molecule has 0 bridgehead atoms. The molecule has 0 radical (unpaired) electrons. The summed E-state index contributed by atoms with van der Waals surface area (Å²) in [6.07, 6.45) is 6.98. The third-order valence-electron chi connectivity index (χ3n) is 5.04. The Balaban J connectivity index is 1.89. The maximum Gasteiger partial charge on any atom is 0.227 e. The third-order valence-corrected chi connectivity index (χ3v) is 8.04. The third kappa shape index (κ3) is 5.65. The van der Waals surface area contributed by atoms with Gasteiger partial charge >= 0.3 is 0 Å². The van der Waals surface area contributed by atoms with Gasteiger partial charge in [-0.1, -0.05) is 27.2 Å². The minimum atomic E-state index is -3.49. The number of methoxy groups -OCH3 is 1. The number of piperidine rings is 1. The van der Waals surface area contributed by atoms with Gasteiger partial charge in [-0.3, -0.25) is 4.90 Å². The van der Waals surface area contributed by atoms with Crippen LogP contribution in [0.5, 0.6) is 0 Å². The first-order valence-corrected chi connectivity index (χ1v) is 12.6. The fourth-order valence-electron chi connectivity index (χ4n) is 3.89. The van der Waals surface area contributed by atoms with Gasteiger partial charge in [0, 0.05) is 31.8 Å². The number of thiazole rings is 1. The molecule has 0 aliphatic carbocycles. The fourth-order valence-corrected chi connectivity index (χ4v) is 6.72. The van der Waals surface area contributed by atoms with Crippen molar-refractivity contribution in [2.75, 3.05) is 26.0 Å². The molecule has 0 saturated carbocycles. The smallest absolute Gasteiger partial charge is 0.227 e. The fraction of sp³-hybridized carbons (Fsp3) is 0.700. The lowest BCUT2D eigenvalue weighted by Crippen LogP contribution is -2.34. The van der Waals surface area contributed by atoms with Gasteiger partial charge in [-0.15, -0.1) is 11.3 Å². The molecular formula is C20H32N4O3S2. The highest BCUT2D eigenvalue weighted by Gasteiger charge is 2.31. The van der Waals surface area contributed by atoms with E-state index in [1.807, 2.05) is 36.9 Å². The molecular weight excluding hydrogens is 408 g/mol. The average Bonchev–Trinajstić information content (AvgIpc) is 3.29. The molecule has 162 valence electrons. The molecule has 2 aromatic rings. The molecule has 0 N–H and O–H groups in total. The van der Waals surface area contributed by atoms with Crippen molar-refractivity contribution >= 4 is 21.2 Å². The number of imidazole rings is 1. The Kier molecular flexibility index (Phi) is 7.14. The highest BCUT2D eigenvalue weighted by molar-refractivity contribution is 7.91. The second-order valence-electron chi connectivity index (χ2n) is 8.85. The van der Waals surface area contributed by atoms with Crippen LogP contribution in [-0.4, -0.2) is 53.9 Å². The Bertz CT molecular complexity index is 885. The average molecular weight is 441 g/mol. The summed E-state index contributed by atoms with van der Waals surface area (Å²) in [7, 11) is -1.86. The first-order chi connectivity index (χ1) is 13.7. The summed E-state index contributed by atoms with van der Waals surface area (Å²) < 4.78 is 33.2. The van der Waals surface area contributed by atoms with Crippen molar-refractivity contribution in [1.82, 2.24) is 19.4 Å². The molecule has 3 heterocycles. The van der Waals surface area contributed by atoms with E-state index < -0.39 is 9.84 Å². The van der Waals surface area contributed by atoms with Gasteiger partial charge in [0.15, 0.2) is 0 Å². The van der Waals surface area contributed by atoms with E-state index in [9.17, 15) is 8.42 Å². The van der Waals surface area contributed by atoms with Gasteiger partial charge < -0.3 is 9.30 Å². The Morgan fingerprint density at radius 1 is 1.28 bits per heavy atom. The lowest BCUT2D eigenvalue weighted by molar-refractivity contribution is 0.134. The van der Waals surface area contributed by atoms with Crippen LogP contribution < -0.4 is 0 Å². The van der Waals surface area contributed by atoms with Crippen molar-refractivity contribution in [1.29, 1.82) is 0 Å². The number of aromatic nitrogens is 3. The Morgan fingerprint density at radius 2 is 2.07 bits per heavy atom. The van der Waals surface area contributed by atoms with Crippen LogP contribution in [0, 0.1) is 5.41 Å². The zero-order chi connectivity index (χ0) is 21.1. The van der Waals surface area contributed by atoms with E-state index in [1.165, 1.54) is 6.42 Å². The van der Waals surface area contributed by atoms with E-state index >= 15 is 0 Å². The summed E-state index contributed by atoms with van der Waals surface area (Å²) in [6.45, 7) is 8.34. The van der Waals surface area contributed by atoms with Crippen LogP contribution in [0.3, 0.4) is 0 Å². The summed E-state index contributed by atoms with van der Waals surface area (Å²) in [5.74, 6) is 0.0644. The second kappa shape index (κ2) is 9.24. The van der Waals surface area contributed by atoms with Gasteiger partial charge in [0.25, 0.3) is 0 Å². The number of nitrogens with zero attached hydrogens (tertiary/aromatic N) is 4. The van der Waals surface area contributed by atoms with E-state index in [4.69, 9.17) is 4.74 Å². The van der Waals surface area contributed by atoms with Crippen molar-refractivity contribution in [2.45, 2.75) is 64.3 Å². The summed E-state index contributed by atoms with van der Waals surface area (Å²) in [5.41, 5.74) is 0.581. The van der Waals surface area contributed by atoms with E-state index in [1.54, 1.807) is 24.6 Å². The Labute approximate surface area is 178 Å². The molecule has 1 fully saturated rings. The second-order valence-corrected chi connectivity index (χ2v) is 11.7. The van der Waals surface area contributed by atoms with Crippen LogP contribution in [0.2, 0.25) is 0 Å². The summed E-state index contributed by atoms with van der Waals surface area (Å²) in [4.78, 5) is 11.3. The van der Waals surface area contributed by atoms with Crippen LogP contribution >= 0.6 is 11.3 Å². The number of likely N-dealkylation sites (tertiary alicyclic amines) is 1. The topological polar surface area (TPSA) is 77.3 Å². The molecule has 0 unspecified atom stereocenters. The minimum absolute atomic E-state index is 0.0644. The van der Waals surface area contributed by atoms with E-state index in [2.05, 4.69) is 14.9 Å². The lowest BCUT2D eigenvalue weighted by Gasteiger charge is -2.34. The van der Waals surface area contributed by atoms with Crippen LogP contribution in [-0.2, 0) is 27.7 Å². The lowest BCUT2D eigenvalue weighted by atomic mass is 10.0. The number of hydrogen-bond donors (Lipinski definition) is 0. The molecule has 1 atom stereocenters. The van der Waals surface area contributed by atoms with E-state index in [-0.39, 0.29) is 22.4 Å². The number of ether oxygens (including phenoxy) is 1. The van der Waals surface area contributed by atoms with Gasteiger partial charge in [-0.05, 0) is 24.8 Å². The van der Waals surface area contributed by atoms with Gasteiger partial charge in [-0.25, -0.2) is 18.4 Å². The van der Waals surface area contributed by atoms with Crippen LogP contribution in [0.25, 0.3) is 0 Å². The summed E-state index contributed by atoms with van der Waals surface area (Å²) in [5, 5.41) is 3.30. The molecule has 0 aromatic carbocycles. The quantitative estimate of drug-likeness (QED) is 0.625. The highest BCUT2D eigenvalue weighted by Crippen LogP contribution is 2.33. The zero-order valence-corrected chi connectivity index (χ0v) is 19.4. The van der Waals surface area contributed by atoms with Crippen molar-refractivity contribution in [3.63, 3.8) is 0 Å². The summed E-state index contributed by atoms with van der Waals surface area (Å²) in [6, 6.07) is 0.282. The van der Waals surface area contributed by atoms with Crippen LogP contribution in [0.1, 0.15) is 56.8 Å². The maximum atomic E-state index is 13.0. The normalized spacial score (nSPS) is 19.0. The molecule has 3 rings (SSSR count). The van der Waals surface area contributed by atoms with Crippen molar-refractivity contribution in [3.8, 4) is 0 Å².